The number of hydrogen-bond acceptors (Lipinski definition) is 5. The van der Waals surface area contributed by atoms with Gasteiger partial charge in [0.05, 0.1) is 12.2 Å². The van der Waals surface area contributed by atoms with Crippen molar-refractivity contribution in [3.8, 4) is 5.75 Å². The van der Waals surface area contributed by atoms with Crippen molar-refractivity contribution >= 4 is 16.1 Å². The molecule has 0 heterocycles. The second-order valence-corrected chi connectivity index (χ2v) is 9.32. The van der Waals surface area contributed by atoms with Gasteiger partial charge in [0.2, 0.25) is 0 Å². The van der Waals surface area contributed by atoms with Crippen molar-refractivity contribution < 1.29 is 35.3 Å². The molecule has 1 N–H and O–H groups in total. The van der Waals surface area contributed by atoms with Gasteiger partial charge in [0.1, 0.15) is 10.6 Å². The first-order valence-corrected chi connectivity index (χ1v) is 12.3. The number of carbonyl (C=O) groups is 1. The van der Waals surface area contributed by atoms with Gasteiger partial charge >= 0.3 is 22.3 Å². The zero-order valence-corrected chi connectivity index (χ0v) is 20.2. The minimum absolute atomic E-state index is 0.0960. The van der Waals surface area contributed by atoms with Gasteiger partial charge in [-0.3, -0.25) is 0 Å². The number of halogens is 3. The molecule has 3 aromatic rings. The topological polar surface area (TPSA) is 84.9 Å². The number of amides is 2. The number of methoxy groups -OCH3 is 1. The van der Waals surface area contributed by atoms with Crippen LogP contribution in [0.5, 0.6) is 5.75 Å². The molecule has 7 nitrogen and oxygen atoms in total. The zero-order valence-electron chi connectivity index (χ0n) is 19.4. The lowest BCUT2D eigenvalue weighted by Gasteiger charge is -2.23. The van der Waals surface area contributed by atoms with E-state index in [9.17, 15) is 26.4 Å². The van der Waals surface area contributed by atoms with Crippen molar-refractivity contribution in [2.45, 2.75) is 24.2 Å². The highest BCUT2D eigenvalue weighted by molar-refractivity contribution is 7.87. The van der Waals surface area contributed by atoms with E-state index in [0.29, 0.717) is 18.2 Å². The third-order valence-corrected chi connectivity index (χ3v) is 6.31. The van der Waals surface area contributed by atoms with Crippen molar-refractivity contribution in [2.75, 3.05) is 20.3 Å². The highest BCUT2D eigenvalue weighted by atomic mass is 32.2. The Morgan fingerprint density at radius 2 is 1.64 bits per heavy atom. The minimum Gasteiger partial charge on any atom is -0.383 e. The SMILES string of the molecule is COCCN(Cc1cccc(OS(=O)(=O)c2cccc(C(F)(F)F)c2)c1)C(=O)NCc1ccccc1. The summed E-state index contributed by atoms with van der Waals surface area (Å²) in [6.07, 6.45) is -4.70. The Morgan fingerprint density at radius 3 is 2.33 bits per heavy atom. The lowest BCUT2D eigenvalue weighted by molar-refractivity contribution is -0.137. The van der Waals surface area contributed by atoms with Gasteiger partial charge in [-0.1, -0.05) is 48.5 Å². The number of nitrogens with one attached hydrogen (secondary N) is 1. The van der Waals surface area contributed by atoms with Crippen LogP contribution in [0.15, 0.2) is 83.8 Å². The van der Waals surface area contributed by atoms with Gasteiger partial charge in [0.15, 0.2) is 0 Å². The van der Waals surface area contributed by atoms with Gasteiger partial charge in [-0.15, -0.1) is 0 Å². The van der Waals surface area contributed by atoms with E-state index in [1.54, 1.807) is 6.07 Å². The van der Waals surface area contributed by atoms with Crippen LogP contribution in [0.2, 0.25) is 0 Å². The minimum atomic E-state index is -4.70. The Labute approximate surface area is 207 Å². The number of rotatable bonds is 10. The van der Waals surface area contributed by atoms with Crippen molar-refractivity contribution in [3.05, 3.63) is 95.6 Å². The fourth-order valence-electron chi connectivity index (χ4n) is 3.26. The average Bonchev–Trinajstić information content (AvgIpc) is 2.85. The molecule has 0 fully saturated rings. The monoisotopic (exact) mass is 522 g/mol. The first-order chi connectivity index (χ1) is 17.1. The lowest BCUT2D eigenvalue weighted by atomic mass is 10.2. The van der Waals surface area contributed by atoms with E-state index in [4.69, 9.17) is 8.92 Å². The van der Waals surface area contributed by atoms with Crippen LogP contribution in [0.3, 0.4) is 0 Å². The van der Waals surface area contributed by atoms with Gasteiger partial charge < -0.3 is 19.1 Å². The van der Waals surface area contributed by atoms with Crippen molar-refractivity contribution in [1.29, 1.82) is 0 Å². The van der Waals surface area contributed by atoms with E-state index < -0.39 is 26.8 Å². The van der Waals surface area contributed by atoms with Gasteiger partial charge in [-0.05, 0) is 41.5 Å². The maximum Gasteiger partial charge on any atom is 0.416 e. The van der Waals surface area contributed by atoms with Crippen LogP contribution in [0.25, 0.3) is 0 Å². The van der Waals surface area contributed by atoms with Crippen LogP contribution in [0.1, 0.15) is 16.7 Å². The summed E-state index contributed by atoms with van der Waals surface area (Å²) in [5.41, 5.74) is 0.377. The number of hydrogen-bond donors (Lipinski definition) is 1. The van der Waals surface area contributed by atoms with Crippen LogP contribution in [-0.4, -0.2) is 39.6 Å². The van der Waals surface area contributed by atoms with Crippen LogP contribution in [-0.2, 0) is 34.1 Å². The van der Waals surface area contributed by atoms with Crippen molar-refractivity contribution in [3.63, 3.8) is 0 Å². The lowest BCUT2D eigenvalue weighted by Crippen LogP contribution is -2.40. The zero-order chi connectivity index (χ0) is 26.2. The standard InChI is InChI=1S/C25H25F3N2O5S/c1-34-14-13-30(24(31)29-17-19-7-3-2-4-8-19)18-20-9-5-11-22(15-20)35-36(32,33)23-12-6-10-21(16-23)25(26,27)28/h2-12,15-16H,13-14,17-18H2,1H3,(H,29,31). The Bertz CT molecular complexity index is 1270. The van der Waals surface area contributed by atoms with E-state index in [0.717, 1.165) is 23.8 Å². The van der Waals surface area contributed by atoms with E-state index in [1.807, 2.05) is 30.3 Å². The second kappa shape index (κ2) is 11.9. The molecule has 0 aromatic heterocycles. The maximum atomic E-state index is 13.0. The summed E-state index contributed by atoms with van der Waals surface area (Å²) in [4.78, 5) is 13.7. The van der Waals surface area contributed by atoms with E-state index in [1.165, 1.54) is 30.2 Å². The highest BCUT2D eigenvalue weighted by Crippen LogP contribution is 2.31. The molecule has 0 atom stereocenters. The number of alkyl halides is 3. The fourth-order valence-corrected chi connectivity index (χ4v) is 4.23. The second-order valence-electron chi connectivity index (χ2n) is 7.77. The summed E-state index contributed by atoms with van der Waals surface area (Å²) in [5.74, 6) is -0.0960. The molecule has 2 amide bonds. The number of benzene rings is 3. The Kier molecular flexibility index (Phi) is 8.94. The van der Waals surface area contributed by atoms with E-state index in [-0.39, 0.29) is 31.5 Å². The summed E-state index contributed by atoms with van der Waals surface area (Å²) >= 11 is 0. The third kappa shape index (κ3) is 7.72. The quantitative estimate of drug-likeness (QED) is 0.386. The molecule has 0 saturated carbocycles. The summed E-state index contributed by atoms with van der Waals surface area (Å²) < 4.78 is 74.3. The molecule has 0 saturated heterocycles. The predicted octanol–water partition coefficient (Wildman–Crippen LogP) is 4.83. The van der Waals surface area contributed by atoms with Crippen molar-refractivity contribution in [2.24, 2.45) is 0 Å². The average molecular weight is 523 g/mol. The molecule has 0 aliphatic rings. The summed E-state index contributed by atoms with van der Waals surface area (Å²) in [7, 11) is -3.02. The molecule has 0 aliphatic carbocycles. The number of ether oxygens (including phenoxy) is 1. The Morgan fingerprint density at radius 1 is 0.944 bits per heavy atom. The summed E-state index contributed by atoms with van der Waals surface area (Å²) in [6.45, 7) is 0.982. The van der Waals surface area contributed by atoms with Crippen LogP contribution in [0, 0.1) is 0 Å². The molecule has 192 valence electrons. The molecular weight excluding hydrogens is 497 g/mol. The highest BCUT2D eigenvalue weighted by Gasteiger charge is 2.32. The van der Waals surface area contributed by atoms with Gasteiger partial charge in [-0.25, -0.2) is 4.79 Å². The summed E-state index contributed by atoms with van der Waals surface area (Å²) in [5, 5.41) is 2.83. The molecular formula is C25H25F3N2O5S. The fraction of sp³-hybridized carbons (Fsp3) is 0.240. The molecule has 3 rings (SSSR count). The molecule has 3 aromatic carbocycles. The molecule has 11 heteroatoms. The van der Waals surface area contributed by atoms with Gasteiger partial charge in [0, 0.05) is 26.7 Å². The molecule has 0 radical (unpaired) electrons. The van der Waals surface area contributed by atoms with Crippen LogP contribution < -0.4 is 9.50 Å². The van der Waals surface area contributed by atoms with E-state index >= 15 is 0 Å². The van der Waals surface area contributed by atoms with Gasteiger partial charge in [-0.2, -0.15) is 21.6 Å². The number of urea groups is 1. The van der Waals surface area contributed by atoms with E-state index in [2.05, 4.69) is 5.32 Å². The van der Waals surface area contributed by atoms with Crippen LogP contribution in [0.4, 0.5) is 18.0 Å². The van der Waals surface area contributed by atoms with Crippen LogP contribution >= 0.6 is 0 Å². The van der Waals surface area contributed by atoms with Crippen molar-refractivity contribution in [1.82, 2.24) is 10.2 Å². The Balaban J connectivity index is 1.73. The Hall–Kier alpha value is -3.57. The molecule has 0 bridgehead atoms. The third-order valence-electron chi connectivity index (χ3n) is 5.07. The number of nitrogens with zero attached hydrogens (tertiary/aromatic N) is 1. The normalized spacial score (nSPS) is 11.7. The van der Waals surface area contributed by atoms with Gasteiger partial charge in [0.25, 0.3) is 0 Å². The molecule has 36 heavy (non-hydrogen) atoms. The smallest absolute Gasteiger partial charge is 0.383 e. The number of carbonyl (C=O) groups excluding carboxylic acids is 1. The summed E-state index contributed by atoms with van der Waals surface area (Å²) in [6, 6.07) is 18.3. The maximum absolute atomic E-state index is 13.0. The molecule has 0 aliphatic heterocycles. The molecule has 0 unspecified atom stereocenters. The first kappa shape index (κ1) is 27.0. The first-order valence-electron chi connectivity index (χ1n) is 10.8. The largest absolute Gasteiger partial charge is 0.416 e. The molecule has 0 spiro atoms. The predicted molar refractivity (Wildman–Crippen MR) is 127 cm³/mol.